The van der Waals surface area contributed by atoms with Gasteiger partial charge >= 0.3 is 0 Å². The molecule has 1 rings (SSSR count). The lowest BCUT2D eigenvalue weighted by Gasteiger charge is -2.32. The fraction of sp³-hybridized carbons (Fsp3) is 0.800. The van der Waals surface area contributed by atoms with Crippen molar-refractivity contribution in [1.29, 1.82) is 0 Å². The maximum atomic E-state index is 5.98. The number of ether oxygens (including phenoxy) is 4. The van der Waals surface area contributed by atoms with Crippen LogP contribution >= 0.6 is 0 Å². The Morgan fingerprint density at radius 2 is 2.20 bits per heavy atom. The summed E-state index contributed by atoms with van der Waals surface area (Å²) in [5.74, 6) is 0.643. The van der Waals surface area contributed by atoms with Gasteiger partial charge in [0.05, 0.1) is 11.6 Å². The van der Waals surface area contributed by atoms with Crippen molar-refractivity contribution in [2.24, 2.45) is 4.99 Å². The van der Waals surface area contributed by atoms with Crippen LogP contribution in [0.4, 0.5) is 0 Å². The minimum atomic E-state index is -0.550. The van der Waals surface area contributed by atoms with Gasteiger partial charge in [0.25, 0.3) is 0 Å². The fourth-order valence-corrected chi connectivity index (χ4v) is 1.92. The molecule has 0 unspecified atom stereocenters. The van der Waals surface area contributed by atoms with Crippen LogP contribution in [0.2, 0.25) is 0 Å². The first-order valence-electron chi connectivity index (χ1n) is 6.93. The molecule has 0 saturated carbocycles. The third-order valence-electron chi connectivity index (χ3n) is 3.27. The van der Waals surface area contributed by atoms with Crippen molar-refractivity contribution in [2.45, 2.75) is 51.9 Å². The second-order valence-corrected chi connectivity index (χ2v) is 5.79. The molecule has 0 aromatic rings. The summed E-state index contributed by atoms with van der Waals surface area (Å²) in [6.07, 6.45) is 3.79. The first kappa shape index (κ1) is 17.1. The summed E-state index contributed by atoms with van der Waals surface area (Å²) in [5.41, 5.74) is -0.709. The highest BCUT2D eigenvalue weighted by molar-refractivity contribution is 5.79. The molecule has 5 nitrogen and oxygen atoms in total. The Morgan fingerprint density at radius 1 is 1.50 bits per heavy atom. The van der Waals surface area contributed by atoms with E-state index < -0.39 is 5.60 Å². The molecule has 0 aliphatic carbocycles. The molecule has 2 atom stereocenters. The Morgan fingerprint density at radius 3 is 2.70 bits per heavy atom. The summed E-state index contributed by atoms with van der Waals surface area (Å²) >= 11 is 0. The summed E-state index contributed by atoms with van der Waals surface area (Å²) in [6.45, 7) is 11.1. The Hall–Kier alpha value is -0.910. The van der Waals surface area contributed by atoms with Crippen LogP contribution in [0, 0.1) is 0 Å². The van der Waals surface area contributed by atoms with E-state index >= 15 is 0 Å². The largest absolute Gasteiger partial charge is 0.477 e. The third-order valence-corrected chi connectivity index (χ3v) is 3.27. The zero-order valence-electron chi connectivity index (χ0n) is 13.4. The topological polar surface area (TPSA) is 49.3 Å². The molecule has 0 spiro atoms. The average molecular weight is 285 g/mol. The lowest BCUT2D eigenvalue weighted by molar-refractivity contribution is -0.140. The summed E-state index contributed by atoms with van der Waals surface area (Å²) in [4.78, 5) is 4.48. The van der Waals surface area contributed by atoms with Crippen molar-refractivity contribution in [3.05, 3.63) is 12.2 Å². The van der Waals surface area contributed by atoms with Gasteiger partial charge in [-0.1, -0.05) is 12.2 Å². The molecule has 0 bridgehead atoms. The van der Waals surface area contributed by atoms with Crippen molar-refractivity contribution in [3.63, 3.8) is 0 Å². The van der Waals surface area contributed by atoms with Gasteiger partial charge in [0, 0.05) is 7.11 Å². The second-order valence-electron chi connectivity index (χ2n) is 5.79. The zero-order chi connectivity index (χ0) is 15.2. The van der Waals surface area contributed by atoms with Gasteiger partial charge < -0.3 is 18.9 Å². The molecule has 0 N–H and O–H groups in total. The van der Waals surface area contributed by atoms with E-state index in [1.165, 1.54) is 0 Å². The fourth-order valence-electron chi connectivity index (χ4n) is 1.92. The molecule has 0 radical (unpaired) electrons. The maximum Gasteiger partial charge on any atom is 0.210 e. The van der Waals surface area contributed by atoms with Crippen molar-refractivity contribution in [2.75, 3.05) is 27.1 Å². The Balaban J connectivity index is 2.63. The van der Waals surface area contributed by atoms with Crippen LogP contribution in [0.25, 0.3) is 0 Å². The zero-order valence-corrected chi connectivity index (χ0v) is 13.4. The van der Waals surface area contributed by atoms with E-state index in [0.29, 0.717) is 19.1 Å². The van der Waals surface area contributed by atoms with E-state index in [2.05, 4.69) is 4.99 Å². The first-order chi connectivity index (χ1) is 9.33. The highest BCUT2D eigenvalue weighted by atomic mass is 16.7. The molecule has 0 aromatic carbocycles. The van der Waals surface area contributed by atoms with Crippen LogP contribution in [-0.4, -0.2) is 50.3 Å². The molecular weight excluding hydrogens is 258 g/mol. The standard InChI is InChI=1S/C15H27NO4/c1-7-8-15(5,12(2)19-11-17-6)20-9-13-16-14(3,4)10-18-13/h7-8,12H,9-11H2,1-6H3/b8-7+/t12-,15+/m0/s1. The SMILES string of the molecule is C/C=C/[C@@](C)(OCC1=NC(C)(C)CO1)[C@H](C)OCOC. The molecule has 5 heteroatoms. The maximum absolute atomic E-state index is 5.98. The van der Waals surface area contributed by atoms with Gasteiger partial charge in [-0.05, 0) is 34.6 Å². The van der Waals surface area contributed by atoms with Crippen LogP contribution in [0.5, 0.6) is 0 Å². The van der Waals surface area contributed by atoms with E-state index in [1.807, 2.05) is 46.8 Å². The van der Waals surface area contributed by atoms with Crippen LogP contribution in [0.1, 0.15) is 34.6 Å². The second kappa shape index (κ2) is 7.20. The van der Waals surface area contributed by atoms with E-state index in [-0.39, 0.29) is 18.4 Å². The summed E-state index contributed by atoms with van der Waals surface area (Å²) in [7, 11) is 1.60. The highest BCUT2D eigenvalue weighted by Gasteiger charge is 2.33. The molecular formula is C15H27NO4. The van der Waals surface area contributed by atoms with E-state index in [4.69, 9.17) is 18.9 Å². The van der Waals surface area contributed by atoms with E-state index in [9.17, 15) is 0 Å². The molecule has 0 aromatic heterocycles. The molecule has 1 heterocycles. The first-order valence-corrected chi connectivity index (χ1v) is 6.93. The molecule has 1 aliphatic rings. The van der Waals surface area contributed by atoms with Crippen molar-refractivity contribution >= 4 is 5.90 Å². The number of nitrogens with zero attached hydrogens (tertiary/aromatic N) is 1. The van der Waals surface area contributed by atoms with Gasteiger partial charge in [0.2, 0.25) is 5.90 Å². The average Bonchev–Trinajstić information content (AvgIpc) is 2.73. The number of hydrogen-bond acceptors (Lipinski definition) is 5. The van der Waals surface area contributed by atoms with E-state index in [1.54, 1.807) is 7.11 Å². The predicted molar refractivity (Wildman–Crippen MR) is 79.1 cm³/mol. The predicted octanol–water partition coefficient (Wildman–Crippen LogP) is 2.55. The lowest BCUT2D eigenvalue weighted by Crippen LogP contribution is -2.41. The monoisotopic (exact) mass is 285 g/mol. The molecule has 116 valence electrons. The number of aliphatic imine (C=N–C) groups is 1. The van der Waals surface area contributed by atoms with Crippen molar-refractivity contribution in [1.82, 2.24) is 0 Å². The Kier molecular flexibility index (Phi) is 6.17. The Bertz CT molecular complexity index is 365. The smallest absolute Gasteiger partial charge is 0.210 e. The normalized spacial score (nSPS) is 22.4. The van der Waals surface area contributed by atoms with E-state index in [0.717, 1.165) is 0 Å². The Labute approximate surface area is 122 Å². The van der Waals surface area contributed by atoms with Gasteiger partial charge in [-0.3, -0.25) is 0 Å². The number of rotatable bonds is 8. The van der Waals surface area contributed by atoms with Crippen LogP contribution in [-0.2, 0) is 18.9 Å². The van der Waals surface area contributed by atoms with Gasteiger partial charge in [-0.2, -0.15) is 0 Å². The quantitative estimate of drug-likeness (QED) is 0.508. The third kappa shape index (κ3) is 4.89. The summed E-state index contributed by atoms with van der Waals surface area (Å²) in [6, 6.07) is 0. The molecule has 1 aliphatic heterocycles. The summed E-state index contributed by atoms with van der Waals surface area (Å²) in [5, 5.41) is 0. The van der Waals surface area contributed by atoms with Crippen molar-refractivity contribution in [3.8, 4) is 0 Å². The van der Waals surface area contributed by atoms with Gasteiger partial charge in [-0.15, -0.1) is 0 Å². The number of methoxy groups -OCH3 is 1. The van der Waals surface area contributed by atoms with Gasteiger partial charge in [0.15, 0.2) is 0 Å². The molecule has 0 amide bonds. The summed E-state index contributed by atoms with van der Waals surface area (Å²) < 4.78 is 22.0. The van der Waals surface area contributed by atoms with Gasteiger partial charge in [0.1, 0.15) is 25.6 Å². The van der Waals surface area contributed by atoms with Crippen LogP contribution in [0.15, 0.2) is 17.1 Å². The highest BCUT2D eigenvalue weighted by Crippen LogP contribution is 2.23. The molecule has 20 heavy (non-hydrogen) atoms. The van der Waals surface area contributed by atoms with Crippen LogP contribution in [0.3, 0.4) is 0 Å². The molecule has 0 fully saturated rings. The lowest BCUT2D eigenvalue weighted by atomic mass is 9.99. The molecule has 0 saturated heterocycles. The van der Waals surface area contributed by atoms with Crippen molar-refractivity contribution < 1.29 is 18.9 Å². The minimum absolute atomic E-state index is 0.145. The number of allylic oxidation sites excluding steroid dienone is 1. The number of hydrogen-bond donors (Lipinski definition) is 0. The van der Waals surface area contributed by atoms with Gasteiger partial charge in [-0.25, -0.2) is 4.99 Å². The van der Waals surface area contributed by atoms with Crippen LogP contribution < -0.4 is 0 Å². The minimum Gasteiger partial charge on any atom is -0.477 e.